The third kappa shape index (κ3) is 3.46. The molecule has 0 atom stereocenters. The van der Waals surface area contributed by atoms with E-state index in [1.807, 2.05) is 49.6 Å². The van der Waals surface area contributed by atoms with Crippen molar-refractivity contribution < 1.29 is 9.59 Å². The monoisotopic (exact) mass is 442 g/mol. The lowest BCUT2D eigenvalue weighted by Crippen LogP contribution is -2.32. The van der Waals surface area contributed by atoms with Crippen LogP contribution in [0.5, 0.6) is 0 Å². The van der Waals surface area contributed by atoms with Crippen LogP contribution >= 0.6 is 34.5 Å². The van der Waals surface area contributed by atoms with E-state index in [2.05, 4.69) is 5.32 Å². The van der Waals surface area contributed by atoms with Crippen LogP contribution in [0.2, 0.25) is 10.0 Å². The molecule has 1 aromatic heterocycles. The van der Waals surface area contributed by atoms with E-state index in [1.54, 1.807) is 18.2 Å². The molecule has 29 heavy (non-hydrogen) atoms. The topological polar surface area (TPSA) is 49.4 Å². The number of amides is 2. The highest BCUT2D eigenvalue weighted by Gasteiger charge is 2.41. The van der Waals surface area contributed by atoms with Gasteiger partial charge in [-0.3, -0.25) is 9.59 Å². The summed E-state index contributed by atoms with van der Waals surface area (Å²) < 4.78 is 0. The number of hydrogen-bond acceptors (Lipinski definition) is 4. The first kappa shape index (κ1) is 19.7. The molecule has 2 amide bonds. The molecule has 0 unspecified atom stereocenters. The number of carbonyl (C=O) groups is 2. The van der Waals surface area contributed by atoms with E-state index < -0.39 is 11.8 Å². The van der Waals surface area contributed by atoms with Crippen LogP contribution in [-0.2, 0) is 9.59 Å². The molecule has 2 heterocycles. The van der Waals surface area contributed by atoms with E-state index in [-0.39, 0.29) is 21.4 Å². The zero-order chi connectivity index (χ0) is 20.7. The fourth-order valence-electron chi connectivity index (χ4n) is 3.27. The van der Waals surface area contributed by atoms with Gasteiger partial charge in [0, 0.05) is 10.6 Å². The molecular weight excluding hydrogens is 427 g/mol. The Balaban J connectivity index is 1.84. The minimum absolute atomic E-state index is 0.161. The highest BCUT2D eigenvalue weighted by Crippen LogP contribution is 2.40. The zero-order valence-electron chi connectivity index (χ0n) is 15.6. The molecule has 0 fully saturated rings. The summed E-state index contributed by atoms with van der Waals surface area (Å²) in [7, 11) is 0. The number of carbonyl (C=O) groups excluding carboxylic acids is 2. The summed E-state index contributed by atoms with van der Waals surface area (Å²) in [5, 5.41) is 5.49. The van der Waals surface area contributed by atoms with Gasteiger partial charge >= 0.3 is 0 Å². The molecular formula is C22H16Cl2N2O2S. The fourth-order valence-corrected chi connectivity index (χ4v) is 4.42. The van der Waals surface area contributed by atoms with Crippen LogP contribution in [0.25, 0.3) is 5.57 Å². The van der Waals surface area contributed by atoms with E-state index in [1.165, 1.54) is 11.3 Å². The van der Waals surface area contributed by atoms with Crippen molar-refractivity contribution in [3.05, 3.63) is 85.7 Å². The minimum Gasteiger partial charge on any atom is -0.350 e. The molecule has 7 heteroatoms. The van der Waals surface area contributed by atoms with Crippen molar-refractivity contribution in [2.75, 3.05) is 10.2 Å². The van der Waals surface area contributed by atoms with Crippen LogP contribution in [0.3, 0.4) is 0 Å². The van der Waals surface area contributed by atoms with E-state index in [0.29, 0.717) is 10.5 Å². The van der Waals surface area contributed by atoms with Gasteiger partial charge in [-0.1, -0.05) is 53.0 Å². The van der Waals surface area contributed by atoms with Gasteiger partial charge in [-0.05, 0) is 49.1 Å². The van der Waals surface area contributed by atoms with Gasteiger partial charge in [0.15, 0.2) is 0 Å². The van der Waals surface area contributed by atoms with Gasteiger partial charge in [-0.15, -0.1) is 11.3 Å². The largest absolute Gasteiger partial charge is 0.350 e. The highest BCUT2D eigenvalue weighted by atomic mass is 35.5. The van der Waals surface area contributed by atoms with Crippen LogP contribution < -0.4 is 10.2 Å². The van der Waals surface area contributed by atoms with E-state index in [0.717, 1.165) is 21.7 Å². The van der Waals surface area contributed by atoms with E-state index in [9.17, 15) is 9.59 Å². The lowest BCUT2D eigenvalue weighted by molar-refractivity contribution is -0.120. The van der Waals surface area contributed by atoms with Crippen molar-refractivity contribution in [3.8, 4) is 0 Å². The lowest BCUT2D eigenvalue weighted by Gasteiger charge is -2.17. The number of aryl methyl sites for hydroxylation is 2. The van der Waals surface area contributed by atoms with Crippen molar-refractivity contribution in [1.29, 1.82) is 0 Å². The Bertz CT molecular complexity index is 1170. The van der Waals surface area contributed by atoms with Crippen molar-refractivity contribution in [2.45, 2.75) is 13.8 Å². The molecule has 2 aromatic carbocycles. The summed E-state index contributed by atoms with van der Waals surface area (Å²) >= 11 is 13.8. The minimum atomic E-state index is -0.470. The Kier molecular flexibility index (Phi) is 5.21. The molecule has 0 saturated heterocycles. The average Bonchev–Trinajstić information content (AvgIpc) is 3.27. The van der Waals surface area contributed by atoms with Crippen LogP contribution in [-0.4, -0.2) is 11.8 Å². The Labute approximate surface area is 182 Å². The summed E-state index contributed by atoms with van der Waals surface area (Å²) in [6.45, 7) is 3.95. The maximum absolute atomic E-state index is 13.4. The van der Waals surface area contributed by atoms with E-state index >= 15 is 0 Å². The molecule has 3 aromatic rings. The number of anilines is 2. The summed E-state index contributed by atoms with van der Waals surface area (Å²) in [5.41, 5.74) is 3.66. The Hall–Kier alpha value is -2.60. The van der Waals surface area contributed by atoms with Gasteiger partial charge in [0.25, 0.3) is 11.8 Å². The second-order valence-electron chi connectivity index (χ2n) is 6.69. The quantitative estimate of drug-likeness (QED) is 0.498. The van der Waals surface area contributed by atoms with Gasteiger partial charge in [-0.2, -0.15) is 0 Å². The number of benzene rings is 2. The number of thiophene rings is 1. The molecule has 146 valence electrons. The average molecular weight is 443 g/mol. The smallest absolute Gasteiger partial charge is 0.282 e. The van der Waals surface area contributed by atoms with E-state index in [4.69, 9.17) is 23.2 Å². The standard InChI is InChI=1S/C22H16Cl2N2O2S/c1-12-8-9-15(13(2)11-12)25-20-18(17-7-4-10-29-17)21(27)26(22(20)28)16-6-3-5-14(23)19(16)24/h3-11,25H,1-2H3. The Morgan fingerprint density at radius 1 is 0.966 bits per heavy atom. The summed E-state index contributed by atoms with van der Waals surface area (Å²) in [6, 6.07) is 14.4. The first-order chi connectivity index (χ1) is 13.9. The van der Waals surface area contributed by atoms with Gasteiger partial charge < -0.3 is 5.32 Å². The molecule has 4 nitrogen and oxygen atoms in total. The molecule has 1 aliphatic rings. The third-order valence-corrected chi connectivity index (χ3v) is 6.36. The summed E-state index contributed by atoms with van der Waals surface area (Å²) in [6.07, 6.45) is 0. The van der Waals surface area contributed by atoms with Gasteiger partial charge in [-0.25, -0.2) is 4.90 Å². The van der Waals surface area contributed by atoms with Crippen molar-refractivity contribution in [2.24, 2.45) is 0 Å². The normalized spacial score (nSPS) is 14.1. The first-order valence-electron chi connectivity index (χ1n) is 8.83. The maximum Gasteiger partial charge on any atom is 0.282 e. The van der Waals surface area contributed by atoms with Crippen molar-refractivity contribution in [1.82, 2.24) is 0 Å². The first-order valence-corrected chi connectivity index (χ1v) is 10.5. The molecule has 1 aliphatic heterocycles. The molecule has 0 aliphatic carbocycles. The maximum atomic E-state index is 13.4. The van der Waals surface area contributed by atoms with Gasteiger partial charge in [0.2, 0.25) is 0 Å². The number of rotatable bonds is 4. The molecule has 0 radical (unpaired) electrons. The number of imide groups is 1. The lowest BCUT2D eigenvalue weighted by atomic mass is 10.1. The Morgan fingerprint density at radius 2 is 1.76 bits per heavy atom. The van der Waals surface area contributed by atoms with Crippen molar-refractivity contribution in [3.63, 3.8) is 0 Å². The second-order valence-corrected chi connectivity index (χ2v) is 8.42. The molecule has 0 saturated carbocycles. The summed E-state index contributed by atoms with van der Waals surface area (Å²) in [4.78, 5) is 28.5. The second kappa shape index (κ2) is 7.67. The SMILES string of the molecule is Cc1ccc(NC2=C(c3cccs3)C(=O)N(c3cccc(Cl)c3Cl)C2=O)c(C)c1. The molecule has 0 spiro atoms. The van der Waals surface area contributed by atoms with Gasteiger partial charge in [0.1, 0.15) is 5.70 Å². The molecule has 1 N–H and O–H groups in total. The van der Waals surface area contributed by atoms with Gasteiger partial charge in [0.05, 0.1) is 21.3 Å². The summed E-state index contributed by atoms with van der Waals surface area (Å²) in [5.74, 6) is -0.906. The highest BCUT2D eigenvalue weighted by molar-refractivity contribution is 7.11. The van der Waals surface area contributed by atoms with Crippen LogP contribution in [0.15, 0.2) is 59.6 Å². The fraction of sp³-hybridized carbons (Fsp3) is 0.0909. The van der Waals surface area contributed by atoms with Crippen molar-refractivity contribution >= 4 is 63.3 Å². The Morgan fingerprint density at radius 3 is 2.45 bits per heavy atom. The number of nitrogens with one attached hydrogen (secondary N) is 1. The van der Waals surface area contributed by atoms with Crippen LogP contribution in [0.1, 0.15) is 16.0 Å². The van der Waals surface area contributed by atoms with Crippen LogP contribution in [0, 0.1) is 13.8 Å². The number of halogens is 2. The third-order valence-electron chi connectivity index (χ3n) is 4.67. The molecule has 0 bridgehead atoms. The van der Waals surface area contributed by atoms with Crippen LogP contribution in [0.4, 0.5) is 11.4 Å². The number of nitrogens with zero attached hydrogens (tertiary/aromatic N) is 1. The zero-order valence-corrected chi connectivity index (χ0v) is 18.0. The number of hydrogen-bond donors (Lipinski definition) is 1. The predicted molar refractivity (Wildman–Crippen MR) is 120 cm³/mol. The molecule has 4 rings (SSSR count). The predicted octanol–water partition coefficient (Wildman–Crippen LogP) is 6.07.